The molecule has 1 amide bonds. The average molecular weight is 408 g/mol. The third-order valence-corrected chi connectivity index (χ3v) is 6.39. The van der Waals surface area contributed by atoms with Crippen LogP contribution in [-0.2, 0) is 11.3 Å². The molecule has 2 aliphatic heterocycles. The summed E-state index contributed by atoms with van der Waals surface area (Å²) >= 11 is 0. The van der Waals surface area contributed by atoms with Gasteiger partial charge in [0.25, 0.3) is 5.91 Å². The van der Waals surface area contributed by atoms with Gasteiger partial charge in [0.05, 0.1) is 7.11 Å². The molecule has 2 heterocycles. The van der Waals surface area contributed by atoms with Crippen molar-refractivity contribution in [2.45, 2.75) is 13.0 Å². The van der Waals surface area contributed by atoms with Gasteiger partial charge in [-0.25, -0.2) is 0 Å². The molecule has 2 aromatic rings. The summed E-state index contributed by atoms with van der Waals surface area (Å²) in [5.74, 6) is 1.21. The standard InChI is InChI=1S/C25H31N3O2/c1-30-24-9-7-21(8-10-24)19-26-15-17-27(18-16-26)20-25(29)28-13-11-23(12-14-28)22-5-3-2-4-6-22/h2-11H,12-20H2,1H3/p+2. The van der Waals surface area contributed by atoms with Crippen LogP contribution in [0.15, 0.2) is 60.7 Å². The van der Waals surface area contributed by atoms with E-state index in [9.17, 15) is 4.79 Å². The fourth-order valence-corrected chi connectivity index (χ4v) is 4.48. The predicted octanol–water partition coefficient (Wildman–Crippen LogP) is 0.295. The number of benzene rings is 2. The van der Waals surface area contributed by atoms with Crippen LogP contribution in [0.5, 0.6) is 5.75 Å². The summed E-state index contributed by atoms with van der Waals surface area (Å²) < 4.78 is 5.24. The van der Waals surface area contributed by atoms with Crippen LogP contribution in [0, 0.1) is 0 Å². The Hall–Kier alpha value is -2.63. The molecule has 0 atom stereocenters. The zero-order valence-corrected chi connectivity index (χ0v) is 17.9. The van der Waals surface area contributed by atoms with Gasteiger partial charge in [0.1, 0.15) is 38.5 Å². The molecule has 2 aromatic carbocycles. The van der Waals surface area contributed by atoms with Crippen molar-refractivity contribution in [1.82, 2.24) is 4.90 Å². The summed E-state index contributed by atoms with van der Waals surface area (Å²) in [6.07, 6.45) is 3.17. The molecule has 158 valence electrons. The van der Waals surface area contributed by atoms with Crippen LogP contribution in [0.25, 0.3) is 5.57 Å². The van der Waals surface area contributed by atoms with Crippen LogP contribution < -0.4 is 14.5 Å². The topological polar surface area (TPSA) is 38.4 Å². The molecule has 4 rings (SSSR count). The molecular formula is C25H33N3O2+2. The van der Waals surface area contributed by atoms with Crippen LogP contribution in [0.4, 0.5) is 0 Å². The van der Waals surface area contributed by atoms with E-state index in [0.29, 0.717) is 12.5 Å². The zero-order valence-electron chi connectivity index (χ0n) is 17.9. The maximum absolute atomic E-state index is 12.8. The largest absolute Gasteiger partial charge is 0.497 e. The van der Waals surface area contributed by atoms with Crippen LogP contribution in [-0.4, -0.2) is 63.7 Å². The number of piperazine rings is 1. The number of carbonyl (C=O) groups excluding carboxylic acids is 1. The minimum Gasteiger partial charge on any atom is -0.497 e. The molecule has 2 N–H and O–H groups in total. The molecule has 5 nitrogen and oxygen atoms in total. The van der Waals surface area contributed by atoms with Crippen molar-refractivity contribution in [3.05, 3.63) is 71.8 Å². The minimum atomic E-state index is 0.298. The van der Waals surface area contributed by atoms with E-state index < -0.39 is 0 Å². The second kappa shape index (κ2) is 9.92. The molecule has 5 heteroatoms. The van der Waals surface area contributed by atoms with Gasteiger partial charge >= 0.3 is 0 Å². The Morgan fingerprint density at radius 1 is 0.967 bits per heavy atom. The number of hydrogen-bond donors (Lipinski definition) is 2. The fourth-order valence-electron chi connectivity index (χ4n) is 4.48. The van der Waals surface area contributed by atoms with Crippen molar-refractivity contribution in [2.24, 2.45) is 0 Å². The summed E-state index contributed by atoms with van der Waals surface area (Å²) in [4.78, 5) is 17.9. The third kappa shape index (κ3) is 5.29. The number of rotatable bonds is 6. The second-order valence-electron chi connectivity index (χ2n) is 8.39. The molecule has 0 bridgehead atoms. The highest BCUT2D eigenvalue weighted by Crippen LogP contribution is 2.21. The number of quaternary nitrogens is 2. The Bertz CT molecular complexity index is 856. The van der Waals surface area contributed by atoms with Gasteiger partial charge < -0.3 is 19.4 Å². The first-order valence-corrected chi connectivity index (χ1v) is 11.0. The Morgan fingerprint density at radius 2 is 1.67 bits per heavy atom. The molecule has 1 saturated heterocycles. The van der Waals surface area contributed by atoms with Gasteiger partial charge in [0.15, 0.2) is 6.54 Å². The van der Waals surface area contributed by atoms with Crippen LogP contribution in [0.3, 0.4) is 0 Å². The number of carbonyl (C=O) groups is 1. The molecular weight excluding hydrogens is 374 g/mol. The van der Waals surface area contributed by atoms with Gasteiger partial charge in [-0.2, -0.15) is 0 Å². The maximum Gasteiger partial charge on any atom is 0.278 e. The lowest BCUT2D eigenvalue weighted by atomic mass is 9.99. The molecule has 0 radical (unpaired) electrons. The lowest BCUT2D eigenvalue weighted by Crippen LogP contribution is -3.28. The lowest BCUT2D eigenvalue weighted by molar-refractivity contribution is -1.02. The highest BCUT2D eigenvalue weighted by Gasteiger charge is 2.27. The van der Waals surface area contributed by atoms with E-state index in [1.807, 2.05) is 23.1 Å². The maximum atomic E-state index is 12.8. The molecule has 0 unspecified atom stereocenters. The number of amides is 1. The predicted molar refractivity (Wildman–Crippen MR) is 119 cm³/mol. The van der Waals surface area contributed by atoms with Crippen LogP contribution in [0.1, 0.15) is 17.5 Å². The average Bonchev–Trinajstić information content (AvgIpc) is 2.81. The Labute approximate surface area is 179 Å². The minimum absolute atomic E-state index is 0.298. The van der Waals surface area contributed by atoms with Gasteiger partial charge in [-0.1, -0.05) is 36.4 Å². The van der Waals surface area contributed by atoms with Gasteiger partial charge in [-0.15, -0.1) is 0 Å². The Kier molecular flexibility index (Phi) is 6.82. The number of hydrogen-bond acceptors (Lipinski definition) is 2. The molecule has 0 aliphatic carbocycles. The summed E-state index contributed by atoms with van der Waals surface area (Å²) in [7, 11) is 1.70. The van der Waals surface area contributed by atoms with Crippen molar-refractivity contribution in [1.29, 1.82) is 0 Å². The van der Waals surface area contributed by atoms with Gasteiger partial charge in [0.2, 0.25) is 0 Å². The fraction of sp³-hybridized carbons (Fsp3) is 0.400. The molecule has 30 heavy (non-hydrogen) atoms. The van der Waals surface area contributed by atoms with Crippen molar-refractivity contribution < 1.29 is 19.3 Å². The first kappa shape index (κ1) is 20.6. The Balaban J connectivity index is 1.21. The van der Waals surface area contributed by atoms with Gasteiger partial charge in [-0.05, 0) is 41.8 Å². The van der Waals surface area contributed by atoms with Gasteiger partial charge in [0, 0.05) is 18.7 Å². The van der Waals surface area contributed by atoms with E-state index in [1.54, 1.807) is 12.0 Å². The zero-order chi connectivity index (χ0) is 20.8. The van der Waals surface area contributed by atoms with E-state index in [-0.39, 0.29) is 0 Å². The van der Waals surface area contributed by atoms with Crippen molar-refractivity contribution >= 4 is 11.5 Å². The Morgan fingerprint density at radius 3 is 2.30 bits per heavy atom. The number of ether oxygens (including phenoxy) is 1. The molecule has 0 aromatic heterocycles. The molecule has 1 fully saturated rings. The normalized spacial score (nSPS) is 21.8. The first-order chi connectivity index (χ1) is 14.7. The summed E-state index contributed by atoms with van der Waals surface area (Å²) in [6, 6.07) is 18.9. The second-order valence-corrected chi connectivity index (χ2v) is 8.39. The smallest absolute Gasteiger partial charge is 0.278 e. The van der Waals surface area contributed by atoms with Crippen molar-refractivity contribution in [3.8, 4) is 5.75 Å². The van der Waals surface area contributed by atoms with E-state index in [1.165, 1.54) is 21.6 Å². The summed E-state index contributed by atoms with van der Waals surface area (Å²) in [6.45, 7) is 7.62. The monoisotopic (exact) mass is 407 g/mol. The van der Waals surface area contributed by atoms with E-state index in [4.69, 9.17) is 4.74 Å². The number of methoxy groups -OCH3 is 1. The van der Waals surface area contributed by atoms with Crippen molar-refractivity contribution in [3.63, 3.8) is 0 Å². The van der Waals surface area contributed by atoms with Crippen molar-refractivity contribution in [2.75, 3.05) is 52.9 Å². The molecule has 0 saturated carbocycles. The van der Waals surface area contributed by atoms with E-state index in [0.717, 1.165) is 58.0 Å². The van der Waals surface area contributed by atoms with Gasteiger partial charge in [-0.3, -0.25) is 4.79 Å². The van der Waals surface area contributed by atoms with Crippen LogP contribution >= 0.6 is 0 Å². The first-order valence-electron chi connectivity index (χ1n) is 11.0. The number of nitrogens with one attached hydrogen (secondary N) is 2. The van der Waals surface area contributed by atoms with E-state index in [2.05, 4.69) is 42.5 Å². The summed E-state index contributed by atoms with van der Waals surface area (Å²) in [5, 5.41) is 0. The SMILES string of the molecule is COc1ccc(C[NH+]2CC[NH+](CC(=O)N3CC=C(c4ccccc4)CC3)CC2)cc1. The highest BCUT2D eigenvalue weighted by atomic mass is 16.5. The third-order valence-electron chi connectivity index (χ3n) is 6.39. The highest BCUT2D eigenvalue weighted by molar-refractivity contribution is 5.79. The summed E-state index contributed by atoms with van der Waals surface area (Å²) in [5.41, 5.74) is 3.99. The van der Waals surface area contributed by atoms with E-state index >= 15 is 0 Å². The number of nitrogens with zero attached hydrogens (tertiary/aromatic N) is 1. The van der Waals surface area contributed by atoms with Crippen LogP contribution in [0.2, 0.25) is 0 Å². The molecule has 0 spiro atoms. The molecule has 2 aliphatic rings. The lowest BCUT2D eigenvalue weighted by Gasteiger charge is -2.32. The quantitative estimate of drug-likeness (QED) is 0.723.